The van der Waals surface area contributed by atoms with E-state index in [0.29, 0.717) is 40.4 Å². The van der Waals surface area contributed by atoms with Gasteiger partial charge in [0.1, 0.15) is 18.2 Å². The van der Waals surface area contributed by atoms with Crippen molar-refractivity contribution in [3.05, 3.63) is 76.3 Å². The molecule has 4 N–H and O–H groups in total. The van der Waals surface area contributed by atoms with E-state index < -0.39 is 16.1 Å². The highest BCUT2D eigenvalue weighted by Gasteiger charge is 2.19. The van der Waals surface area contributed by atoms with Gasteiger partial charge in [0, 0.05) is 51.5 Å². The number of thiophene rings is 1. The number of anilines is 2. The minimum absolute atomic E-state index is 0.126. The summed E-state index contributed by atoms with van der Waals surface area (Å²) in [4.78, 5) is 17.1. The number of aryl methyl sites for hydroxylation is 1. The second kappa shape index (κ2) is 10.9. The van der Waals surface area contributed by atoms with Crippen LogP contribution < -0.4 is 15.8 Å². The number of nitrogens with two attached hydrogens (primary N) is 1. The fraction of sp³-hybridized carbons (Fsp3) is 0.231. The Hall–Kier alpha value is -3.51. The second-order valence-electron chi connectivity index (χ2n) is 8.39. The lowest BCUT2D eigenvalue weighted by molar-refractivity contribution is -0.0970. The summed E-state index contributed by atoms with van der Waals surface area (Å²) in [6.07, 6.45) is 1.54. The molecule has 4 rings (SSSR count). The van der Waals surface area contributed by atoms with Crippen molar-refractivity contribution in [2.45, 2.75) is 31.6 Å². The first kappa shape index (κ1) is 26.6. The van der Waals surface area contributed by atoms with Crippen molar-refractivity contribution in [3.8, 4) is 5.75 Å². The minimum Gasteiger partial charge on any atom is -0.489 e. The molecule has 0 radical (unpaired) electrons. The number of fused-ring (bicyclic) bond motifs is 1. The number of amides is 1. The maximum absolute atomic E-state index is 12.7. The van der Waals surface area contributed by atoms with Crippen LogP contribution >= 0.6 is 11.3 Å². The first-order valence-corrected chi connectivity index (χ1v) is 14.1. The van der Waals surface area contributed by atoms with Gasteiger partial charge in [0.05, 0.1) is 4.90 Å². The largest absolute Gasteiger partial charge is 0.489 e. The van der Waals surface area contributed by atoms with E-state index in [1.165, 1.54) is 29.7 Å². The topological polar surface area (TPSA) is 141 Å². The van der Waals surface area contributed by atoms with Crippen LogP contribution in [0, 0.1) is 6.92 Å². The van der Waals surface area contributed by atoms with Gasteiger partial charge in [-0.3, -0.25) is 4.79 Å². The SMILES string of the molecule is CCOC(O)c1cnc(N)c2c(COc3ccc(C(=O)Nc4cccc(S(C)(=O)=O)c4)cc3C)csc12. The summed E-state index contributed by atoms with van der Waals surface area (Å²) in [7, 11) is -3.39. The number of benzene rings is 2. The summed E-state index contributed by atoms with van der Waals surface area (Å²) in [5, 5.41) is 15.6. The Labute approximate surface area is 218 Å². The quantitative estimate of drug-likeness (QED) is 0.264. The maximum atomic E-state index is 12.7. The third-order valence-electron chi connectivity index (χ3n) is 5.66. The second-order valence-corrected chi connectivity index (χ2v) is 11.3. The number of carbonyl (C=O) groups excluding carboxylic acids is 1. The van der Waals surface area contributed by atoms with E-state index in [0.717, 1.165) is 22.1 Å². The van der Waals surface area contributed by atoms with Crippen LogP contribution in [0.5, 0.6) is 5.75 Å². The highest BCUT2D eigenvalue weighted by molar-refractivity contribution is 7.90. The molecule has 0 aliphatic carbocycles. The van der Waals surface area contributed by atoms with Crippen molar-refractivity contribution in [2.24, 2.45) is 0 Å². The maximum Gasteiger partial charge on any atom is 0.255 e. The number of aromatic nitrogens is 1. The number of rotatable bonds is 9. The zero-order valence-electron chi connectivity index (χ0n) is 20.5. The van der Waals surface area contributed by atoms with Gasteiger partial charge in [0.25, 0.3) is 5.91 Å². The molecule has 37 heavy (non-hydrogen) atoms. The molecule has 0 aliphatic heterocycles. The number of hydrogen-bond acceptors (Lipinski definition) is 9. The smallest absolute Gasteiger partial charge is 0.255 e. The van der Waals surface area contributed by atoms with E-state index in [-0.39, 0.29) is 17.4 Å². The lowest BCUT2D eigenvalue weighted by Crippen LogP contribution is -2.12. The summed E-state index contributed by atoms with van der Waals surface area (Å²) in [5.74, 6) is 0.557. The summed E-state index contributed by atoms with van der Waals surface area (Å²) < 4.78 is 35.7. The highest BCUT2D eigenvalue weighted by atomic mass is 32.2. The average molecular weight is 542 g/mol. The van der Waals surface area contributed by atoms with Crippen LogP contribution in [0.1, 0.15) is 40.3 Å². The fourth-order valence-corrected chi connectivity index (χ4v) is 5.55. The number of aliphatic hydroxyl groups is 1. The number of hydrogen-bond donors (Lipinski definition) is 3. The first-order chi connectivity index (χ1) is 17.6. The van der Waals surface area contributed by atoms with Crippen molar-refractivity contribution in [3.63, 3.8) is 0 Å². The number of nitrogen functional groups attached to an aromatic ring is 1. The molecule has 0 saturated heterocycles. The average Bonchev–Trinajstić information content (AvgIpc) is 3.28. The van der Waals surface area contributed by atoms with Gasteiger partial charge in [-0.05, 0) is 61.2 Å². The summed E-state index contributed by atoms with van der Waals surface area (Å²) >= 11 is 1.43. The molecule has 194 valence electrons. The number of nitrogens with zero attached hydrogens (tertiary/aromatic N) is 1. The van der Waals surface area contributed by atoms with Crippen LogP contribution in [0.2, 0.25) is 0 Å². The van der Waals surface area contributed by atoms with Crippen molar-refractivity contribution in [1.29, 1.82) is 0 Å². The normalized spacial score (nSPS) is 12.4. The molecule has 0 spiro atoms. The number of aliphatic hydroxyl groups excluding tert-OH is 1. The van der Waals surface area contributed by atoms with Gasteiger partial charge < -0.3 is 25.6 Å². The number of carbonyl (C=O) groups is 1. The molecule has 9 nitrogen and oxygen atoms in total. The zero-order chi connectivity index (χ0) is 26.7. The standard InChI is InChI=1S/C26H27N3O6S2/c1-4-34-26(31)20-12-28-24(27)22-17(14-36-23(20)22)13-35-21-9-8-16(10-15(21)2)25(30)29-18-6-5-7-19(11-18)37(3,32)33/h5-12,14,26,31H,4,13H2,1-3H3,(H2,27,28)(H,29,30). The zero-order valence-corrected chi connectivity index (χ0v) is 22.2. The highest BCUT2D eigenvalue weighted by Crippen LogP contribution is 2.36. The van der Waals surface area contributed by atoms with E-state index >= 15 is 0 Å². The molecule has 1 amide bonds. The van der Waals surface area contributed by atoms with Crippen LogP contribution in [0.4, 0.5) is 11.5 Å². The van der Waals surface area contributed by atoms with Crippen molar-refractivity contribution < 1.29 is 27.8 Å². The van der Waals surface area contributed by atoms with Gasteiger partial charge in [-0.2, -0.15) is 0 Å². The summed E-state index contributed by atoms with van der Waals surface area (Å²) in [6, 6.07) is 11.1. The predicted molar refractivity (Wildman–Crippen MR) is 144 cm³/mol. The Balaban J connectivity index is 1.49. The van der Waals surface area contributed by atoms with Crippen molar-refractivity contribution in [2.75, 3.05) is 23.9 Å². The van der Waals surface area contributed by atoms with Gasteiger partial charge in [0.15, 0.2) is 16.1 Å². The molecule has 0 fully saturated rings. The van der Waals surface area contributed by atoms with Crippen LogP contribution in [0.25, 0.3) is 10.1 Å². The van der Waals surface area contributed by atoms with Gasteiger partial charge in [-0.15, -0.1) is 11.3 Å². The molecule has 0 aliphatic rings. The minimum atomic E-state index is -3.39. The van der Waals surface area contributed by atoms with Crippen molar-refractivity contribution in [1.82, 2.24) is 4.98 Å². The van der Waals surface area contributed by atoms with Gasteiger partial charge >= 0.3 is 0 Å². The van der Waals surface area contributed by atoms with Crippen LogP contribution in [-0.4, -0.2) is 37.3 Å². The van der Waals surface area contributed by atoms with Gasteiger partial charge in [-0.25, -0.2) is 13.4 Å². The molecule has 1 atom stereocenters. The Morgan fingerprint density at radius 3 is 2.73 bits per heavy atom. The molecule has 0 saturated carbocycles. The molecule has 0 bridgehead atoms. The summed E-state index contributed by atoms with van der Waals surface area (Å²) in [5.41, 5.74) is 9.04. The summed E-state index contributed by atoms with van der Waals surface area (Å²) in [6.45, 7) is 4.20. The predicted octanol–water partition coefficient (Wildman–Crippen LogP) is 4.45. The molecular formula is C26H27N3O6S2. The van der Waals surface area contributed by atoms with E-state index in [9.17, 15) is 18.3 Å². The van der Waals surface area contributed by atoms with Gasteiger partial charge in [0.2, 0.25) is 0 Å². The monoisotopic (exact) mass is 541 g/mol. The number of pyridine rings is 1. The van der Waals surface area contributed by atoms with Crippen molar-refractivity contribution >= 4 is 48.7 Å². The lowest BCUT2D eigenvalue weighted by atomic mass is 10.1. The van der Waals surface area contributed by atoms with E-state index in [1.807, 2.05) is 12.3 Å². The Bertz CT molecular complexity index is 1570. The lowest BCUT2D eigenvalue weighted by Gasteiger charge is -2.13. The molecular weight excluding hydrogens is 514 g/mol. The number of sulfone groups is 1. The van der Waals surface area contributed by atoms with Crippen LogP contribution in [0.3, 0.4) is 0 Å². The third kappa shape index (κ3) is 5.91. The number of nitrogens with one attached hydrogen (secondary N) is 1. The molecule has 2 heterocycles. The Kier molecular flexibility index (Phi) is 7.79. The molecule has 2 aromatic carbocycles. The van der Waals surface area contributed by atoms with E-state index in [1.54, 1.807) is 37.3 Å². The van der Waals surface area contributed by atoms with Crippen LogP contribution in [-0.2, 0) is 21.2 Å². The third-order valence-corrected chi connectivity index (χ3v) is 7.85. The Morgan fingerprint density at radius 1 is 1.24 bits per heavy atom. The van der Waals surface area contributed by atoms with E-state index in [2.05, 4.69) is 10.3 Å². The molecule has 1 unspecified atom stereocenters. The van der Waals surface area contributed by atoms with Crippen LogP contribution in [0.15, 0.2) is 58.9 Å². The molecule has 2 aromatic heterocycles. The Morgan fingerprint density at radius 2 is 2.03 bits per heavy atom. The molecule has 4 aromatic rings. The van der Waals surface area contributed by atoms with E-state index in [4.69, 9.17) is 15.2 Å². The molecule has 11 heteroatoms. The van der Waals surface area contributed by atoms with Gasteiger partial charge in [-0.1, -0.05) is 6.07 Å². The number of ether oxygens (including phenoxy) is 2. The fourth-order valence-electron chi connectivity index (χ4n) is 3.79. The first-order valence-electron chi connectivity index (χ1n) is 11.4.